The van der Waals surface area contributed by atoms with Gasteiger partial charge >= 0.3 is 0 Å². The van der Waals surface area contributed by atoms with Crippen molar-refractivity contribution >= 4 is 69.7 Å². The van der Waals surface area contributed by atoms with Gasteiger partial charge in [-0.25, -0.2) is 0 Å². The molecule has 0 aliphatic rings. The van der Waals surface area contributed by atoms with Crippen molar-refractivity contribution in [1.29, 1.82) is 0 Å². The molecule has 1 unspecified atom stereocenters. The van der Waals surface area contributed by atoms with E-state index in [9.17, 15) is 4.79 Å². The molecule has 21 heavy (non-hydrogen) atoms. The Balaban J connectivity index is 2.00. The van der Waals surface area contributed by atoms with Crippen LogP contribution >= 0.6 is 58.1 Å². The Morgan fingerprint density at radius 3 is 2.71 bits per heavy atom. The van der Waals surface area contributed by atoms with Crippen LogP contribution in [-0.4, -0.2) is 27.6 Å². The van der Waals surface area contributed by atoms with Crippen LogP contribution in [-0.2, 0) is 4.79 Å². The first-order valence-corrected chi connectivity index (χ1v) is 9.48. The second kappa shape index (κ2) is 7.69. The van der Waals surface area contributed by atoms with Gasteiger partial charge in [0.25, 0.3) is 0 Å². The molecule has 1 aromatic heterocycles. The molecule has 4 nitrogen and oxygen atoms in total. The predicted octanol–water partition coefficient (Wildman–Crippen LogP) is 4.69. The fraction of sp³-hybridized carbons (Fsp3) is 0.250. The Kier molecular flexibility index (Phi) is 6.19. The van der Waals surface area contributed by atoms with E-state index >= 15 is 0 Å². The van der Waals surface area contributed by atoms with Crippen LogP contribution in [0.3, 0.4) is 0 Å². The van der Waals surface area contributed by atoms with Crippen LogP contribution < -0.4 is 5.32 Å². The van der Waals surface area contributed by atoms with Crippen molar-refractivity contribution in [2.75, 3.05) is 11.6 Å². The predicted molar refractivity (Wildman–Crippen MR) is 92.1 cm³/mol. The average Bonchev–Trinajstić information content (AvgIpc) is 2.91. The number of rotatable bonds is 5. The normalized spacial score (nSPS) is 12.2. The van der Waals surface area contributed by atoms with E-state index in [1.165, 1.54) is 34.9 Å². The number of nitrogens with one attached hydrogen (secondary N) is 1. The highest BCUT2D eigenvalue weighted by Gasteiger charge is 2.18. The fourth-order valence-corrected chi connectivity index (χ4v) is 4.30. The number of thioether (sulfide) groups is 2. The summed E-state index contributed by atoms with van der Waals surface area (Å²) in [7, 11) is 0. The zero-order valence-electron chi connectivity index (χ0n) is 11.1. The van der Waals surface area contributed by atoms with Gasteiger partial charge in [0.15, 0.2) is 8.68 Å². The minimum Gasteiger partial charge on any atom is -0.324 e. The van der Waals surface area contributed by atoms with Gasteiger partial charge in [0.2, 0.25) is 5.91 Å². The minimum absolute atomic E-state index is 0.162. The number of nitrogens with zero attached hydrogens (tertiary/aromatic N) is 2. The van der Waals surface area contributed by atoms with Crippen molar-refractivity contribution in [2.24, 2.45) is 0 Å². The number of carbonyl (C=O) groups is 1. The van der Waals surface area contributed by atoms with Crippen LogP contribution in [0.2, 0.25) is 10.0 Å². The highest BCUT2D eigenvalue weighted by Crippen LogP contribution is 2.32. The van der Waals surface area contributed by atoms with E-state index < -0.39 is 0 Å². The molecule has 0 saturated carbocycles. The van der Waals surface area contributed by atoms with E-state index in [-0.39, 0.29) is 11.2 Å². The Hall–Kier alpha value is -0.470. The standard InChI is InChI=1S/C12H11Cl2N3OS3/c1-6(20-12-17-16-11(19-2)21-12)10(18)15-8-5-3-4-7(13)9(8)14/h3-6H,1-2H3,(H,15,18). The second-order valence-electron chi connectivity index (χ2n) is 3.89. The molecule has 1 heterocycles. The van der Waals surface area contributed by atoms with Crippen molar-refractivity contribution in [3.05, 3.63) is 28.2 Å². The van der Waals surface area contributed by atoms with Gasteiger partial charge in [0, 0.05) is 0 Å². The van der Waals surface area contributed by atoms with E-state index in [1.54, 1.807) is 25.1 Å². The number of amides is 1. The molecule has 0 bridgehead atoms. The molecule has 1 atom stereocenters. The highest BCUT2D eigenvalue weighted by molar-refractivity contribution is 8.03. The Labute approximate surface area is 145 Å². The molecule has 0 fully saturated rings. The average molecular weight is 380 g/mol. The lowest BCUT2D eigenvalue weighted by molar-refractivity contribution is -0.115. The number of carbonyl (C=O) groups excluding carboxylic acids is 1. The van der Waals surface area contributed by atoms with Crippen LogP contribution in [0.5, 0.6) is 0 Å². The van der Waals surface area contributed by atoms with E-state index in [1.807, 2.05) is 6.26 Å². The molecule has 1 amide bonds. The molecule has 2 rings (SSSR count). The van der Waals surface area contributed by atoms with Crippen LogP contribution in [0.15, 0.2) is 26.9 Å². The largest absolute Gasteiger partial charge is 0.324 e. The van der Waals surface area contributed by atoms with E-state index in [0.717, 1.165) is 8.68 Å². The fourth-order valence-electron chi connectivity index (χ4n) is 1.37. The van der Waals surface area contributed by atoms with Crippen molar-refractivity contribution < 1.29 is 4.79 Å². The minimum atomic E-state index is -0.317. The van der Waals surface area contributed by atoms with E-state index in [0.29, 0.717) is 15.7 Å². The molecule has 0 radical (unpaired) electrons. The van der Waals surface area contributed by atoms with Gasteiger partial charge in [0.05, 0.1) is 21.0 Å². The number of benzene rings is 1. The SMILES string of the molecule is CSc1nnc(SC(C)C(=O)Nc2cccc(Cl)c2Cl)s1. The van der Waals surface area contributed by atoms with Crippen molar-refractivity contribution in [2.45, 2.75) is 20.9 Å². The Morgan fingerprint density at radius 2 is 2.05 bits per heavy atom. The third-order valence-corrected chi connectivity index (χ3v) is 6.32. The second-order valence-corrected chi connectivity index (χ2v) is 8.29. The molecular formula is C12H11Cl2N3OS3. The molecule has 1 aromatic carbocycles. The molecule has 0 spiro atoms. The molecule has 0 saturated heterocycles. The van der Waals surface area contributed by atoms with Gasteiger partial charge in [-0.2, -0.15) is 0 Å². The van der Waals surface area contributed by atoms with Gasteiger partial charge in [-0.3, -0.25) is 4.79 Å². The number of hydrogen-bond donors (Lipinski definition) is 1. The zero-order valence-corrected chi connectivity index (χ0v) is 15.1. The summed E-state index contributed by atoms with van der Waals surface area (Å²) in [6.07, 6.45) is 1.94. The lowest BCUT2D eigenvalue weighted by Crippen LogP contribution is -2.22. The Morgan fingerprint density at radius 1 is 1.33 bits per heavy atom. The maximum atomic E-state index is 12.2. The summed E-state index contributed by atoms with van der Waals surface area (Å²) in [4.78, 5) is 12.2. The van der Waals surface area contributed by atoms with E-state index in [4.69, 9.17) is 23.2 Å². The lowest BCUT2D eigenvalue weighted by atomic mass is 10.3. The lowest BCUT2D eigenvalue weighted by Gasteiger charge is -2.11. The smallest absolute Gasteiger partial charge is 0.237 e. The molecule has 112 valence electrons. The van der Waals surface area contributed by atoms with Gasteiger partial charge in [0.1, 0.15) is 0 Å². The van der Waals surface area contributed by atoms with Crippen LogP contribution in [0.4, 0.5) is 5.69 Å². The summed E-state index contributed by atoms with van der Waals surface area (Å²) >= 11 is 16.3. The summed E-state index contributed by atoms with van der Waals surface area (Å²) in [6, 6.07) is 5.11. The van der Waals surface area contributed by atoms with Crippen LogP contribution in [0.25, 0.3) is 0 Å². The van der Waals surface area contributed by atoms with Crippen molar-refractivity contribution in [3.8, 4) is 0 Å². The molecule has 2 aromatic rings. The molecule has 9 heteroatoms. The maximum Gasteiger partial charge on any atom is 0.237 e. The zero-order chi connectivity index (χ0) is 15.4. The topological polar surface area (TPSA) is 54.9 Å². The van der Waals surface area contributed by atoms with E-state index in [2.05, 4.69) is 15.5 Å². The van der Waals surface area contributed by atoms with Gasteiger partial charge < -0.3 is 5.32 Å². The van der Waals surface area contributed by atoms with Gasteiger partial charge in [-0.1, -0.05) is 64.1 Å². The summed E-state index contributed by atoms with van der Waals surface area (Å²) in [6.45, 7) is 1.80. The molecule has 0 aliphatic heterocycles. The summed E-state index contributed by atoms with van der Waals surface area (Å²) in [5, 5.41) is 11.2. The first kappa shape index (κ1) is 16.9. The molecular weight excluding hydrogens is 369 g/mol. The van der Waals surface area contributed by atoms with Crippen LogP contribution in [0.1, 0.15) is 6.92 Å². The molecule has 1 N–H and O–H groups in total. The van der Waals surface area contributed by atoms with Crippen LogP contribution in [0, 0.1) is 0 Å². The van der Waals surface area contributed by atoms with Crippen molar-refractivity contribution in [1.82, 2.24) is 10.2 Å². The number of halogens is 2. The third kappa shape index (κ3) is 4.50. The summed E-state index contributed by atoms with van der Waals surface area (Å²) in [5.41, 5.74) is 0.503. The van der Waals surface area contributed by atoms with Gasteiger partial charge in [-0.05, 0) is 25.3 Å². The van der Waals surface area contributed by atoms with Crippen molar-refractivity contribution in [3.63, 3.8) is 0 Å². The number of aromatic nitrogens is 2. The summed E-state index contributed by atoms with van der Waals surface area (Å²) in [5.74, 6) is -0.162. The number of anilines is 1. The third-order valence-electron chi connectivity index (χ3n) is 2.42. The first-order valence-electron chi connectivity index (χ1n) is 5.80. The maximum absolute atomic E-state index is 12.2. The quantitative estimate of drug-likeness (QED) is 0.763. The first-order chi connectivity index (χ1) is 10.0. The highest BCUT2D eigenvalue weighted by atomic mass is 35.5. The summed E-state index contributed by atoms with van der Waals surface area (Å²) < 4.78 is 1.64. The Bertz CT molecular complexity index is 650. The van der Waals surface area contributed by atoms with Gasteiger partial charge in [-0.15, -0.1) is 10.2 Å². The monoisotopic (exact) mass is 379 g/mol. The molecule has 0 aliphatic carbocycles. The number of hydrogen-bond acceptors (Lipinski definition) is 6.